The van der Waals surface area contributed by atoms with Crippen LogP contribution in [0.1, 0.15) is 5.56 Å². The second-order valence-electron chi connectivity index (χ2n) is 2.74. The first-order valence-electron chi connectivity index (χ1n) is 4.27. The van der Waals surface area contributed by atoms with Crippen LogP contribution in [0.2, 0.25) is 0 Å². The Balaban J connectivity index is 2.96. The minimum absolute atomic E-state index is 0.392. The summed E-state index contributed by atoms with van der Waals surface area (Å²) in [6.45, 7) is 0. The first-order chi connectivity index (χ1) is 7.17. The summed E-state index contributed by atoms with van der Waals surface area (Å²) >= 11 is 3.34. The van der Waals surface area contributed by atoms with Gasteiger partial charge in [0, 0.05) is 16.1 Å². The van der Waals surface area contributed by atoms with Crippen LogP contribution < -0.4 is 4.74 Å². The maximum absolute atomic E-state index is 10.9. The highest BCUT2D eigenvalue weighted by molar-refractivity contribution is 9.10. The average Bonchev–Trinajstić information content (AvgIpc) is 2.26. The average molecular weight is 271 g/mol. The lowest BCUT2D eigenvalue weighted by Gasteiger charge is -2.04. The van der Waals surface area contributed by atoms with E-state index in [2.05, 4.69) is 20.7 Å². The molecular weight excluding hydrogens is 260 g/mol. The van der Waals surface area contributed by atoms with Crippen molar-refractivity contribution >= 4 is 28.0 Å². The van der Waals surface area contributed by atoms with Crippen LogP contribution >= 0.6 is 15.9 Å². The van der Waals surface area contributed by atoms with Gasteiger partial charge in [0.1, 0.15) is 5.75 Å². The second kappa shape index (κ2) is 5.56. The first-order valence-corrected chi connectivity index (χ1v) is 5.06. The second-order valence-corrected chi connectivity index (χ2v) is 3.66. The van der Waals surface area contributed by atoms with E-state index in [0.717, 1.165) is 10.0 Å². The van der Waals surface area contributed by atoms with Crippen LogP contribution in [-0.4, -0.2) is 20.2 Å². The van der Waals surface area contributed by atoms with Gasteiger partial charge in [-0.2, -0.15) is 0 Å². The van der Waals surface area contributed by atoms with E-state index in [1.165, 1.54) is 13.2 Å². The molecule has 0 aromatic heterocycles. The van der Waals surface area contributed by atoms with Gasteiger partial charge in [0.15, 0.2) is 0 Å². The Bertz CT molecular complexity index is 385. The number of hydrogen-bond acceptors (Lipinski definition) is 3. The summed E-state index contributed by atoms with van der Waals surface area (Å²) < 4.78 is 10.6. The van der Waals surface area contributed by atoms with Gasteiger partial charge in [0.25, 0.3) is 0 Å². The van der Waals surface area contributed by atoms with Crippen molar-refractivity contribution in [2.24, 2.45) is 0 Å². The molecule has 4 heteroatoms. The third-order valence-electron chi connectivity index (χ3n) is 1.79. The normalized spacial score (nSPS) is 10.3. The Morgan fingerprint density at radius 3 is 2.73 bits per heavy atom. The molecule has 0 atom stereocenters. The number of hydrogen-bond donors (Lipinski definition) is 0. The van der Waals surface area contributed by atoms with Crippen LogP contribution in [0.25, 0.3) is 6.08 Å². The van der Waals surface area contributed by atoms with Gasteiger partial charge in [-0.15, -0.1) is 0 Å². The fourth-order valence-electron chi connectivity index (χ4n) is 1.06. The molecule has 0 aliphatic carbocycles. The van der Waals surface area contributed by atoms with Gasteiger partial charge in [-0.3, -0.25) is 0 Å². The van der Waals surface area contributed by atoms with Crippen molar-refractivity contribution in [2.75, 3.05) is 14.2 Å². The number of ether oxygens (including phenoxy) is 2. The first kappa shape index (κ1) is 11.8. The Morgan fingerprint density at radius 2 is 2.13 bits per heavy atom. The fourth-order valence-corrected chi connectivity index (χ4v) is 1.44. The molecule has 0 aliphatic heterocycles. The van der Waals surface area contributed by atoms with E-state index >= 15 is 0 Å². The topological polar surface area (TPSA) is 35.5 Å². The molecule has 0 fully saturated rings. The molecule has 0 N–H and O–H groups in total. The molecule has 0 unspecified atom stereocenters. The minimum atomic E-state index is -0.392. The summed E-state index contributed by atoms with van der Waals surface area (Å²) in [6, 6.07) is 5.55. The molecule has 0 heterocycles. The molecule has 1 aromatic rings. The predicted octanol–water partition coefficient (Wildman–Crippen LogP) is 2.64. The van der Waals surface area contributed by atoms with E-state index in [0.29, 0.717) is 5.75 Å². The zero-order valence-corrected chi connectivity index (χ0v) is 10.1. The van der Waals surface area contributed by atoms with Gasteiger partial charge < -0.3 is 9.47 Å². The number of carbonyl (C=O) groups excluding carboxylic acids is 1. The van der Waals surface area contributed by atoms with E-state index < -0.39 is 5.97 Å². The van der Waals surface area contributed by atoms with Crippen LogP contribution in [0.15, 0.2) is 28.7 Å². The van der Waals surface area contributed by atoms with E-state index in [9.17, 15) is 4.79 Å². The lowest BCUT2D eigenvalue weighted by atomic mass is 10.2. The van der Waals surface area contributed by atoms with Crippen LogP contribution in [-0.2, 0) is 9.53 Å². The standard InChI is InChI=1S/C11H11BrO3/c1-14-10-5-4-9(12)7-8(10)3-6-11(13)15-2/h3-7H,1-2H3. The van der Waals surface area contributed by atoms with Crippen molar-refractivity contribution in [1.82, 2.24) is 0 Å². The predicted molar refractivity (Wildman–Crippen MR) is 61.7 cm³/mol. The Labute approximate surface area is 96.8 Å². The van der Waals surface area contributed by atoms with Crippen LogP contribution in [0.4, 0.5) is 0 Å². The third kappa shape index (κ3) is 3.40. The monoisotopic (exact) mass is 270 g/mol. The summed E-state index contributed by atoms with van der Waals surface area (Å²) in [6.07, 6.45) is 3.00. The van der Waals surface area contributed by atoms with Crippen LogP contribution in [0.5, 0.6) is 5.75 Å². The van der Waals surface area contributed by atoms with Gasteiger partial charge in [-0.1, -0.05) is 15.9 Å². The van der Waals surface area contributed by atoms with Crippen LogP contribution in [0, 0.1) is 0 Å². The van der Waals surface area contributed by atoms with E-state index in [4.69, 9.17) is 4.74 Å². The minimum Gasteiger partial charge on any atom is -0.496 e. The maximum Gasteiger partial charge on any atom is 0.330 e. The van der Waals surface area contributed by atoms with Gasteiger partial charge >= 0.3 is 5.97 Å². The number of carbonyl (C=O) groups is 1. The van der Waals surface area contributed by atoms with Gasteiger partial charge in [-0.25, -0.2) is 4.79 Å². The summed E-state index contributed by atoms with van der Waals surface area (Å²) in [5.41, 5.74) is 0.817. The van der Waals surface area contributed by atoms with Crippen molar-refractivity contribution in [3.8, 4) is 5.75 Å². The molecule has 0 spiro atoms. The summed E-state index contributed by atoms with van der Waals surface area (Å²) in [5, 5.41) is 0. The smallest absolute Gasteiger partial charge is 0.330 e. The van der Waals surface area contributed by atoms with Crippen molar-refractivity contribution in [1.29, 1.82) is 0 Å². The molecular formula is C11H11BrO3. The third-order valence-corrected chi connectivity index (χ3v) is 2.29. The zero-order chi connectivity index (χ0) is 11.3. The van der Waals surface area contributed by atoms with Gasteiger partial charge in [-0.05, 0) is 24.3 Å². The highest BCUT2D eigenvalue weighted by Gasteiger charge is 2.00. The molecule has 1 rings (SSSR count). The molecule has 15 heavy (non-hydrogen) atoms. The van der Waals surface area contributed by atoms with Gasteiger partial charge in [0.05, 0.1) is 14.2 Å². The Kier molecular flexibility index (Phi) is 4.37. The van der Waals surface area contributed by atoms with Crippen LogP contribution in [0.3, 0.4) is 0 Å². The number of benzene rings is 1. The Morgan fingerprint density at radius 1 is 1.40 bits per heavy atom. The highest BCUT2D eigenvalue weighted by atomic mass is 79.9. The number of rotatable bonds is 3. The number of methoxy groups -OCH3 is 2. The lowest BCUT2D eigenvalue weighted by Crippen LogP contribution is -1.94. The summed E-state index contributed by atoms with van der Waals surface area (Å²) in [4.78, 5) is 10.9. The van der Waals surface area contributed by atoms with Crippen molar-refractivity contribution in [3.63, 3.8) is 0 Å². The molecule has 0 bridgehead atoms. The quantitative estimate of drug-likeness (QED) is 0.626. The molecule has 80 valence electrons. The number of esters is 1. The highest BCUT2D eigenvalue weighted by Crippen LogP contribution is 2.23. The molecule has 1 aromatic carbocycles. The Hall–Kier alpha value is -1.29. The van der Waals surface area contributed by atoms with Gasteiger partial charge in [0.2, 0.25) is 0 Å². The molecule has 0 saturated heterocycles. The fraction of sp³-hybridized carbons (Fsp3) is 0.182. The van der Waals surface area contributed by atoms with Crippen molar-refractivity contribution in [2.45, 2.75) is 0 Å². The largest absolute Gasteiger partial charge is 0.496 e. The lowest BCUT2D eigenvalue weighted by molar-refractivity contribution is -0.134. The number of halogens is 1. The molecule has 0 amide bonds. The molecule has 0 radical (unpaired) electrons. The summed E-state index contributed by atoms with van der Waals surface area (Å²) in [7, 11) is 2.92. The zero-order valence-electron chi connectivity index (χ0n) is 8.49. The summed E-state index contributed by atoms with van der Waals surface area (Å²) in [5.74, 6) is 0.315. The van der Waals surface area contributed by atoms with E-state index in [1.807, 2.05) is 18.2 Å². The molecule has 0 aliphatic rings. The van der Waals surface area contributed by atoms with Crippen molar-refractivity contribution in [3.05, 3.63) is 34.3 Å². The van der Waals surface area contributed by atoms with E-state index in [1.54, 1.807) is 13.2 Å². The van der Waals surface area contributed by atoms with E-state index in [-0.39, 0.29) is 0 Å². The van der Waals surface area contributed by atoms with Crippen molar-refractivity contribution < 1.29 is 14.3 Å². The molecule has 3 nitrogen and oxygen atoms in total. The SMILES string of the molecule is COC(=O)C=Cc1cc(Br)ccc1OC. The maximum atomic E-state index is 10.9. The molecule has 0 saturated carbocycles.